The second-order valence-corrected chi connectivity index (χ2v) is 6.92. The first-order valence-electron chi connectivity index (χ1n) is 8.93. The Morgan fingerprint density at radius 3 is 2.96 bits per heavy atom. The van der Waals surface area contributed by atoms with Crippen molar-refractivity contribution in [1.82, 2.24) is 20.2 Å². The van der Waals surface area contributed by atoms with Crippen LogP contribution in [0.4, 0.5) is 0 Å². The van der Waals surface area contributed by atoms with E-state index in [9.17, 15) is 4.79 Å². The fourth-order valence-electron chi connectivity index (χ4n) is 2.86. The van der Waals surface area contributed by atoms with E-state index in [0.29, 0.717) is 24.7 Å². The highest BCUT2D eigenvalue weighted by Crippen LogP contribution is 2.15. The van der Waals surface area contributed by atoms with Crippen LogP contribution in [0.2, 0.25) is 0 Å². The standard InChI is InChI=1S/C19H24N4O2S/c24-19(17-14-26-15-22-17)21-7-2-5-11-25-18-12-16(6-8-20-18)13-23-9-3-1-4-10-23/h2,5-6,8,12,14-15H,1,3-4,7,9-11,13H2,(H,21,24)/b5-2-. The molecule has 6 nitrogen and oxygen atoms in total. The van der Waals surface area contributed by atoms with Crippen molar-refractivity contribution in [3.8, 4) is 5.88 Å². The third-order valence-electron chi connectivity index (χ3n) is 4.19. The summed E-state index contributed by atoms with van der Waals surface area (Å²) in [6, 6.07) is 4.05. The van der Waals surface area contributed by atoms with E-state index in [1.54, 1.807) is 17.1 Å². The Hall–Kier alpha value is -2.25. The molecular weight excluding hydrogens is 348 g/mol. The van der Waals surface area contributed by atoms with Crippen molar-refractivity contribution < 1.29 is 9.53 Å². The molecule has 1 saturated heterocycles. The smallest absolute Gasteiger partial charge is 0.270 e. The first-order valence-corrected chi connectivity index (χ1v) is 9.87. The number of nitrogens with zero attached hydrogens (tertiary/aromatic N) is 3. The minimum absolute atomic E-state index is 0.163. The van der Waals surface area contributed by atoms with Gasteiger partial charge in [0.05, 0.1) is 5.51 Å². The number of pyridine rings is 1. The monoisotopic (exact) mass is 372 g/mol. The maximum absolute atomic E-state index is 11.7. The van der Waals surface area contributed by atoms with Crippen LogP contribution in [0.5, 0.6) is 5.88 Å². The number of carbonyl (C=O) groups excluding carboxylic acids is 1. The van der Waals surface area contributed by atoms with Gasteiger partial charge < -0.3 is 10.1 Å². The first-order chi connectivity index (χ1) is 12.8. The molecule has 1 aliphatic rings. The summed E-state index contributed by atoms with van der Waals surface area (Å²) in [4.78, 5) is 22.4. The minimum atomic E-state index is -0.163. The van der Waals surface area contributed by atoms with Crippen LogP contribution in [0.3, 0.4) is 0 Å². The Kier molecular flexibility index (Phi) is 7.15. The Morgan fingerprint density at radius 1 is 1.27 bits per heavy atom. The predicted molar refractivity (Wildman–Crippen MR) is 102 cm³/mol. The number of ether oxygens (including phenoxy) is 1. The number of thiazole rings is 1. The van der Waals surface area contributed by atoms with Gasteiger partial charge in [0.1, 0.15) is 12.3 Å². The van der Waals surface area contributed by atoms with Gasteiger partial charge in [0.25, 0.3) is 5.91 Å². The summed E-state index contributed by atoms with van der Waals surface area (Å²) in [6.07, 6.45) is 9.46. The van der Waals surface area contributed by atoms with E-state index in [2.05, 4.69) is 20.2 Å². The largest absolute Gasteiger partial charge is 0.473 e. The van der Waals surface area contributed by atoms with Crippen molar-refractivity contribution >= 4 is 17.2 Å². The molecular formula is C19H24N4O2S. The van der Waals surface area contributed by atoms with Crippen molar-refractivity contribution in [1.29, 1.82) is 0 Å². The highest BCUT2D eigenvalue weighted by molar-refractivity contribution is 7.07. The number of hydrogen-bond acceptors (Lipinski definition) is 6. The molecule has 3 heterocycles. The van der Waals surface area contributed by atoms with Gasteiger partial charge in [-0.3, -0.25) is 9.69 Å². The molecule has 0 radical (unpaired) electrons. The van der Waals surface area contributed by atoms with Gasteiger partial charge in [-0.05, 0) is 43.6 Å². The molecule has 0 aliphatic carbocycles. The Labute approximate surface area is 157 Å². The zero-order valence-corrected chi connectivity index (χ0v) is 15.6. The number of rotatable bonds is 8. The summed E-state index contributed by atoms with van der Waals surface area (Å²) in [6.45, 7) is 4.17. The van der Waals surface area contributed by atoms with Crippen molar-refractivity contribution in [2.75, 3.05) is 26.2 Å². The van der Waals surface area contributed by atoms with Crippen LogP contribution >= 0.6 is 11.3 Å². The van der Waals surface area contributed by atoms with Crippen LogP contribution in [-0.4, -0.2) is 47.0 Å². The normalized spacial score (nSPS) is 15.2. The van der Waals surface area contributed by atoms with Crippen molar-refractivity contribution in [3.63, 3.8) is 0 Å². The quantitative estimate of drug-likeness (QED) is 0.722. The Morgan fingerprint density at radius 2 is 2.15 bits per heavy atom. The average Bonchev–Trinajstić information content (AvgIpc) is 3.20. The number of carbonyl (C=O) groups is 1. The van der Waals surface area contributed by atoms with Crippen LogP contribution < -0.4 is 10.1 Å². The third-order valence-corrected chi connectivity index (χ3v) is 4.78. The average molecular weight is 372 g/mol. The van der Waals surface area contributed by atoms with E-state index in [1.165, 1.54) is 49.3 Å². The predicted octanol–water partition coefficient (Wildman–Crippen LogP) is 2.89. The molecule has 1 aliphatic heterocycles. The van der Waals surface area contributed by atoms with Crippen LogP contribution in [-0.2, 0) is 6.54 Å². The molecule has 1 fully saturated rings. The van der Waals surface area contributed by atoms with Gasteiger partial charge in [-0.2, -0.15) is 0 Å². The molecule has 0 saturated carbocycles. The van der Waals surface area contributed by atoms with Crippen LogP contribution in [0, 0.1) is 0 Å². The SMILES string of the molecule is O=C(NC/C=C\COc1cc(CN2CCCCC2)ccn1)c1cscn1. The summed E-state index contributed by atoms with van der Waals surface area (Å²) >= 11 is 1.40. The van der Waals surface area contributed by atoms with Crippen molar-refractivity contribution in [2.24, 2.45) is 0 Å². The lowest BCUT2D eigenvalue weighted by molar-refractivity contribution is 0.0953. The number of hydrogen-bond donors (Lipinski definition) is 1. The lowest BCUT2D eigenvalue weighted by Gasteiger charge is -2.26. The van der Waals surface area contributed by atoms with Crippen LogP contribution in [0.1, 0.15) is 35.3 Å². The molecule has 3 rings (SSSR count). The summed E-state index contributed by atoms with van der Waals surface area (Å²) in [7, 11) is 0. The lowest BCUT2D eigenvalue weighted by atomic mass is 10.1. The molecule has 138 valence electrons. The van der Waals surface area contributed by atoms with E-state index in [4.69, 9.17) is 4.74 Å². The summed E-state index contributed by atoms with van der Waals surface area (Å²) < 4.78 is 5.68. The fraction of sp³-hybridized carbons (Fsp3) is 0.421. The van der Waals surface area contributed by atoms with E-state index in [1.807, 2.05) is 24.3 Å². The molecule has 1 N–H and O–H groups in total. The summed E-state index contributed by atoms with van der Waals surface area (Å²) in [5.74, 6) is 0.472. The van der Waals surface area contributed by atoms with Gasteiger partial charge in [-0.1, -0.05) is 12.5 Å². The molecule has 0 atom stereocenters. The molecule has 0 unspecified atom stereocenters. The van der Waals surface area contributed by atoms with Crippen LogP contribution in [0.15, 0.2) is 41.4 Å². The number of piperidine rings is 1. The van der Waals surface area contributed by atoms with Gasteiger partial charge in [-0.15, -0.1) is 11.3 Å². The molecule has 0 bridgehead atoms. The fourth-order valence-corrected chi connectivity index (χ4v) is 3.39. The van der Waals surface area contributed by atoms with E-state index < -0.39 is 0 Å². The Bertz CT molecular complexity index is 712. The number of nitrogens with one attached hydrogen (secondary N) is 1. The summed E-state index contributed by atoms with van der Waals surface area (Å²) in [5.41, 5.74) is 3.33. The van der Waals surface area contributed by atoms with Gasteiger partial charge in [-0.25, -0.2) is 9.97 Å². The number of amides is 1. The molecule has 0 spiro atoms. The molecule has 2 aromatic heterocycles. The van der Waals surface area contributed by atoms with E-state index in [-0.39, 0.29) is 5.91 Å². The third kappa shape index (κ3) is 5.93. The van der Waals surface area contributed by atoms with Gasteiger partial charge in [0.15, 0.2) is 0 Å². The van der Waals surface area contributed by atoms with E-state index in [0.717, 1.165) is 6.54 Å². The maximum atomic E-state index is 11.7. The molecule has 0 aromatic carbocycles. The van der Waals surface area contributed by atoms with Crippen molar-refractivity contribution in [2.45, 2.75) is 25.8 Å². The lowest BCUT2D eigenvalue weighted by Crippen LogP contribution is -2.29. The first kappa shape index (κ1) is 18.5. The topological polar surface area (TPSA) is 67.3 Å². The maximum Gasteiger partial charge on any atom is 0.270 e. The zero-order chi connectivity index (χ0) is 18.0. The molecule has 7 heteroatoms. The summed E-state index contributed by atoms with van der Waals surface area (Å²) in [5, 5.41) is 4.51. The van der Waals surface area contributed by atoms with Crippen LogP contribution in [0.25, 0.3) is 0 Å². The second-order valence-electron chi connectivity index (χ2n) is 6.21. The second kappa shape index (κ2) is 10.0. The number of likely N-dealkylation sites (tertiary alicyclic amines) is 1. The molecule has 26 heavy (non-hydrogen) atoms. The van der Waals surface area contributed by atoms with Gasteiger partial charge in [0.2, 0.25) is 5.88 Å². The zero-order valence-electron chi connectivity index (χ0n) is 14.8. The highest BCUT2D eigenvalue weighted by Gasteiger charge is 2.10. The minimum Gasteiger partial charge on any atom is -0.473 e. The van der Waals surface area contributed by atoms with Gasteiger partial charge >= 0.3 is 0 Å². The molecule has 1 amide bonds. The van der Waals surface area contributed by atoms with Gasteiger partial charge in [0, 0.05) is 30.7 Å². The van der Waals surface area contributed by atoms with E-state index >= 15 is 0 Å². The van der Waals surface area contributed by atoms with Crippen molar-refractivity contribution in [3.05, 3.63) is 52.6 Å². The molecule has 2 aromatic rings. The number of aromatic nitrogens is 2. The highest BCUT2D eigenvalue weighted by atomic mass is 32.1. The Balaban J connectivity index is 1.37.